The minimum Gasteiger partial charge on any atom is -1.00 e. The molecule has 0 amide bonds. The monoisotopic (exact) mass is 153 g/mol. The molecule has 0 spiro atoms. The maximum absolute atomic E-state index is 9.24. The molecule has 1 N–H and O–H groups in total. The summed E-state index contributed by atoms with van der Waals surface area (Å²) in [6.45, 7) is 0. The number of rotatable bonds is 1. The smallest absolute Gasteiger partial charge is 1.00 e. The molecule has 0 aliphatic carbocycles. The standard InChI is InChI=1S/C2H3ClO2.ClH.Mg/c3-1-2(4)5;;/h1H2,(H,4,5);1H;/q;;+2/p-1. The van der Waals surface area contributed by atoms with Crippen LogP contribution < -0.4 is 12.4 Å². The summed E-state index contributed by atoms with van der Waals surface area (Å²) in [5.74, 6) is -1.29. The number of halogens is 2. The van der Waals surface area contributed by atoms with E-state index < -0.39 is 5.97 Å². The van der Waals surface area contributed by atoms with Crippen LogP contribution in [0.25, 0.3) is 0 Å². The summed E-state index contributed by atoms with van der Waals surface area (Å²) in [5, 5.41) is 7.59. The van der Waals surface area contributed by atoms with Gasteiger partial charge in [0.25, 0.3) is 0 Å². The zero-order valence-electron chi connectivity index (χ0n) is 3.53. The molecule has 0 aromatic heterocycles. The maximum Gasteiger partial charge on any atom is 2.00 e. The van der Waals surface area contributed by atoms with Gasteiger partial charge >= 0.3 is 29.0 Å². The van der Waals surface area contributed by atoms with E-state index in [9.17, 15) is 4.79 Å². The Labute approximate surface area is 68.8 Å². The molecular formula is C2H3Cl2MgO2+. The summed E-state index contributed by atoms with van der Waals surface area (Å²) in [7, 11) is 0. The molecule has 0 aliphatic heterocycles. The van der Waals surface area contributed by atoms with E-state index in [2.05, 4.69) is 0 Å². The predicted octanol–water partition coefficient (Wildman–Crippen LogP) is -3.07. The van der Waals surface area contributed by atoms with Gasteiger partial charge in [-0.15, -0.1) is 11.6 Å². The van der Waals surface area contributed by atoms with Gasteiger partial charge in [-0.2, -0.15) is 0 Å². The van der Waals surface area contributed by atoms with Gasteiger partial charge in [-0.25, -0.2) is 0 Å². The molecule has 0 aromatic rings. The molecule has 5 heteroatoms. The first-order chi connectivity index (χ1) is 2.27. The molecule has 2 nitrogen and oxygen atoms in total. The second-order valence-electron chi connectivity index (χ2n) is 0.527. The van der Waals surface area contributed by atoms with Crippen LogP contribution >= 0.6 is 11.6 Å². The molecule has 0 saturated carbocycles. The fraction of sp³-hybridized carbons (Fsp3) is 0.500. The molecule has 0 heterocycles. The van der Waals surface area contributed by atoms with Crippen molar-refractivity contribution in [2.45, 2.75) is 0 Å². The molecule has 0 aliphatic rings. The number of carboxylic acids is 1. The van der Waals surface area contributed by atoms with Gasteiger partial charge in [-0.05, 0) is 0 Å². The molecule has 0 fully saturated rings. The van der Waals surface area contributed by atoms with Crippen molar-refractivity contribution >= 4 is 40.6 Å². The topological polar surface area (TPSA) is 37.3 Å². The van der Waals surface area contributed by atoms with Crippen LogP contribution in [0.5, 0.6) is 0 Å². The first-order valence-corrected chi connectivity index (χ1v) is 1.58. The fourth-order valence-corrected chi connectivity index (χ4v) is 0. The maximum atomic E-state index is 9.24. The first kappa shape index (κ1) is 15.7. The van der Waals surface area contributed by atoms with E-state index in [0.717, 1.165) is 0 Å². The third-order valence-electron chi connectivity index (χ3n) is 0.114. The molecule has 0 radical (unpaired) electrons. The van der Waals surface area contributed by atoms with E-state index in [1.165, 1.54) is 0 Å². The summed E-state index contributed by atoms with van der Waals surface area (Å²) in [6, 6.07) is 0. The Morgan fingerprint density at radius 2 is 1.86 bits per heavy atom. The number of hydrogen-bond acceptors (Lipinski definition) is 1. The van der Waals surface area contributed by atoms with Gasteiger partial charge in [0, 0.05) is 0 Å². The van der Waals surface area contributed by atoms with Crippen molar-refractivity contribution in [2.24, 2.45) is 0 Å². The number of carboxylic acid groups (broad SMARTS) is 1. The van der Waals surface area contributed by atoms with Crippen LogP contribution in [0.1, 0.15) is 0 Å². The summed E-state index contributed by atoms with van der Waals surface area (Å²) >= 11 is 4.74. The van der Waals surface area contributed by atoms with E-state index in [1.54, 1.807) is 0 Å². The molecular weight excluding hydrogens is 151 g/mol. The second-order valence-corrected chi connectivity index (χ2v) is 0.795. The third kappa shape index (κ3) is 19.9. The summed E-state index contributed by atoms with van der Waals surface area (Å²) in [6.07, 6.45) is 0. The number of aliphatic carboxylic acids is 1. The van der Waals surface area contributed by atoms with Crippen molar-refractivity contribution in [2.75, 3.05) is 5.88 Å². The minimum absolute atomic E-state index is 0. The third-order valence-corrected chi connectivity index (χ3v) is 0.343. The molecule has 0 rings (SSSR count). The van der Waals surface area contributed by atoms with Crippen LogP contribution in [0.4, 0.5) is 0 Å². The Balaban J connectivity index is -0.0000000800. The zero-order chi connectivity index (χ0) is 4.28. The Morgan fingerprint density at radius 1 is 1.71 bits per heavy atom. The van der Waals surface area contributed by atoms with Gasteiger partial charge in [-0.3, -0.25) is 4.79 Å². The molecule has 0 unspecified atom stereocenters. The first-order valence-electron chi connectivity index (χ1n) is 1.05. The van der Waals surface area contributed by atoms with Crippen molar-refractivity contribution < 1.29 is 22.3 Å². The van der Waals surface area contributed by atoms with E-state index in [4.69, 9.17) is 16.7 Å². The molecule has 0 bridgehead atoms. The minimum atomic E-state index is -0.980. The van der Waals surface area contributed by atoms with Crippen LogP contribution in [0.2, 0.25) is 0 Å². The van der Waals surface area contributed by atoms with Gasteiger partial charge in [-0.1, -0.05) is 0 Å². The van der Waals surface area contributed by atoms with Crippen molar-refractivity contribution in [1.82, 2.24) is 0 Å². The van der Waals surface area contributed by atoms with E-state index in [1.807, 2.05) is 0 Å². The quantitative estimate of drug-likeness (QED) is 0.321. The van der Waals surface area contributed by atoms with Crippen molar-refractivity contribution in [3.63, 3.8) is 0 Å². The van der Waals surface area contributed by atoms with Gasteiger partial charge in [0.2, 0.25) is 0 Å². The Kier molecular flexibility index (Phi) is 22.2. The fourth-order valence-electron chi connectivity index (χ4n) is 0. The number of hydrogen-bond donors (Lipinski definition) is 1. The molecule has 0 saturated heterocycles. The van der Waals surface area contributed by atoms with Gasteiger partial charge in [0.15, 0.2) is 0 Å². The molecule has 0 aromatic carbocycles. The van der Waals surface area contributed by atoms with E-state index >= 15 is 0 Å². The normalized spacial score (nSPS) is 5.29. The second kappa shape index (κ2) is 9.94. The summed E-state index contributed by atoms with van der Waals surface area (Å²) in [4.78, 5) is 9.24. The van der Waals surface area contributed by atoms with Crippen molar-refractivity contribution in [3.8, 4) is 0 Å². The Hall–Kier alpha value is 0.816. The Bertz CT molecular complexity index is 49.0. The van der Waals surface area contributed by atoms with Crippen LogP contribution in [0.3, 0.4) is 0 Å². The average Bonchev–Trinajstić information content (AvgIpc) is 1.38. The van der Waals surface area contributed by atoms with Crippen molar-refractivity contribution in [1.29, 1.82) is 0 Å². The van der Waals surface area contributed by atoms with Crippen LogP contribution in [0.15, 0.2) is 0 Å². The SMILES string of the molecule is O=C(O)CCl.[Cl-].[Mg+2]. The van der Waals surface area contributed by atoms with E-state index in [-0.39, 0.29) is 41.3 Å². The van der Waals surface area contributed by atoms with Crippen LogP contribution in [0, 0.1) is 0 Å². The van der Waals surface area contributed by atoms with E-state index in [0.29, 0.717) is 0 Å². The van der Waals surface area contributed by atoms with Crippen LogP contribution in [-0.4, -0.2) is 40.0 Å². The van der Waals surface area contributed by atoms with Gasteiger partial charge in [0.05, 0.1) is 0 Å². The molecule has 38 valence electrons. The van der Waals surface area contributed by atoms with Crippen molar-refractivity contribution in [3.05, 3.63) is 0 Å². The molecule has 0 atom stereocenters. The Morgan fingerprint density at radius 3 is 1.86 bits per heavy atom. The van der Waals surface area contributed by atoms with Crippen LogP contribution in [-0.2, 0) is 4.79 Å². The number of alkyl halides is 1. The van der Waals surface area contributed by atoms with Gasteiger partial charge in [0.1, 0.15) is 5.88 Å². The van der Waals surface area contributed by atoms with Gasteiger partial charge < -0.3 is 17.5 Å². The average molecular weight is 154 g/mol. The predicted molar refractivity (Wildman–Crippen MR) is 24.1 cm³/mol. The largest absolute Gasteiger partial charge is 2.00 e. The molecule has 7 heavy (non-hydrogen) atoms. The number of carbonyl (C=O) groups is 1. The summed E-state index contributed by atoms with van der Waals surface area (Å²) in [5.41, 5.74) is 0. The zero-order valence-corrected chi connectivity index (χ0v) is 6.45. The summed E-state index contributed by atoms with van der Waals surface area (Å²) < 4.78 is 0.